The maximum absolute atomic E-state index is 12.6. The van der Waals surface area contributed by atoms with Crippen LogP contribution in [0.4, 0.5) is 0 Å². The first-order chi connectivity index (χ1) is 9.74. The third-order valence-corrected chi connectivity index (χ3v) is 3.50. The number of carbonyl (C=O) groups is 1. The second kappa shape index (κ2) is 5.37. The molecule has 20 heavy (non-hydrogen) atoms. The van der Waals surface area contributed by atoms with Crippen molar-refractivity contribution in [1.82, 2.24) is 4.90 Å². The molecule has 3 nitrogen and oxygen atoms in total. The Bertz CT molecular complexity index is 636. The van der Waals surface area contributed by atoms with Crippen LogP contribution >= 0.6 is 0 Å². The van der Waals surface area contributed by atoms with Gasteiger partial charge in [0.25, 0.3) is 5.91 Å². The number of rotatable bonds is 1. The van der Waals surface area contributed by atoms with Gasteiger partial charge in [-0.2, -0.15) is 0 Å². The van der Waals surface area contributed by atoms with E-state index in [1.165, 1.54) is 0 Å². The molecule has 0 aliphatic carbocycles. The average molecular weight is 267 g/mol. The maximum Gasteiger partial charge on any atom is 0.254 e. The largest absolute Gasteiger partial charge is 0.491 e. The Morgan fingerprint density at radius 2 is 2.00 bits per heavy atom. The lowest BCUT2D eigenvalue weighted by Gasteiger charge is -2.20. The van der Waals surface area contributed by atoms with Gasteiger partial charge in [0, 0.05) is 17.7 Å². The number of carbonyl (C=O) groups excluding carboxylic acids is 1. The molecular formula is C17H17NO2. The van der Waals surface area contributed by atoms with Crippen molar-refractivity contribution in [2.45, 2.75) is 13.5 Å². The number of hydrogen-bond acceptors (Lipinski definition) is 2. The number of hydrogen-bond donors (Lipinski definition) is 0. The molecule has 0 radical (unpaired) electrons. The molecule has 0 atom stereocenters. The van der Waals surface area contributed by atoms with Crippen LogP contribution in [0.3, 0.4) is 0 Å². The van der Waals surface area contributed by atoms with Gasteiger partial charge in [0.1, 0.15) is 12.4 Å². The molecule has 1 aliphatic rings. The molecule has 0 fully saturated rings. The maximum atomic E-state index is 12.6. The van der Waals surface area contributed by atoms with E-state index in [9.17, 15) is 4.79 Å². The Balaban J connectivity index is 1.86. The lowest BCUT2D eigenvalue weighted by Crippen LogP contribution is -2.32. The van der Waals surface area contributed by atoms with Gasteiger partial charge in [-0.25, -0.2) is 0 Å². The predicted molar refractivity (Wildman–Crippen MR) is 77.9 cm³/mol. The Morgan fingerprint density at radius 1 is 1.15 bits per heavy atom. The van der Waals surface area contributed by atoms with Gasteiger partial charge in [0.2, 0.25) is 0 Å². The first-order valence-corrected chi connectivity index (χ1v) is 6.81. The van der Waals surface area contributed by atoms with E-state index in [0.29, 0.717) is 19.7 Å². The lowest BCUT2D eigenvalue weighted by molar-refractivity contribution is 0.0733. The van der Waals surface area contributed by atoms with E-state index in [-0.39, 0.29) is 5.91 Å². The molecule has 0 unspecified atom stereocenters. The number of aryl methyl sites for hydroxylation is 1. The molecule has 0 saturated carbocycles. The zero-order valence-electron chi connectivity index (χ0n) is 11.5. The summed E-state index contributed by atoms with van der Waals surface area (Å²) in [6.45, 7) is 3.75. The molecule has 0 aromatic heterocycles. The summed E-state index contributed by atoms with van der Waals surface area (Å²) in [6.07, 6.45) is 0. The summed E-state index contributed by atoms with van der Waals surface area (Å²) < 4.78 is 5.69. The van der Waals surface area contributed by atoms with Crippen LogP contribution in [-0.4, -0.2) is 24.0 Å². The number of fused-ring (bicyclic) bond motifs is 1. The van der Waals surface area contributed by atoms with Gasteiger partial charge in [-0.15, -0.1) is 0 Å². The number of para-hydroxylation sites is 1. The van der Waals surface area contributed by atoms with E-state index in [4.69, 9.17) is 4.74 Å². The Kier molecular flexibility index (Phi) is 3.42. The van der Waals surface area contributed by atoms with Crippen molar-refractivity contribution < 1.29 is 9.53 Å². The molecule has 1 heterocycles. The molecule has 0 saturated heterocycles. The summed E-state index contributed by atoms with van der Waals surface area (Å²) >= 11 is 0. The van der Waals surface area contributed by atoms with E-state index in [0.717, 1.165) is 22.4 Å². The van der Waals surface area contributed by atoms with Gasteiger partial charge >= 0.3 is 0 Å². The van der Waals surface area contributed by atoms with Gasteiger partial charge in [0.05, 0.1) is 6.54 Å². The summed E-state index contributed by atoms with van der Waals surface area (Å²) in [5, 5.41) is 0. The van der Waals surface area contributed by atoms with E-state index >= 15 is 0 Å². The minimum absolute atomic E-state index is 0.0639. The van der Waals surface area contributed by atoms with Crippen molar-refractivity contribution in [3.8, 4) is 5.75 Å². The second-order valence-electron chi connectivity index (χ2n) is 5.05. The second-order valence-corrected chi connectivity index (χ2v) is 5.05. The molecule has 2 aromatic rings. The SMILES string of the molecule is Cc1cccc(C(=O)N2CCOc3ccccc3C2)c1. The fraction of sp³-hybridized carbons (Fsp3) is 0.235. The van der Waals surface area contributed by atoms with E-state index in [1.807, 2.05) is 60.4 Å². The first-order valence-electron chi connectivity index (χ1n) is 6.81. The molecule has 1 aliphatic heterocycles. The number of amides is 1. The standard InChI is InChI=1S/C17H17NO2/c1-13-5-4-7-14(11-13)17(19)18-9-10-20-16-8-3-2-6-15(16)12-18/h2-8,11H,9-10,12H2,1H3. The summed E-state index contributed by atoms with van der Waals surface area (Å²) in [6, 6.07) is 15.6. The lowest BCUT2D eigenvalue weighted by atomic mass is 10.1. The first kappa shape index (κ1) is 12.7. The minimum Gasteiger partial charge on any atom is -0.491 e. The van der Waals surface area contributed by atoms with Crippen LogP contribution in [0.5, 0.6) is 5.75 Å². The Labute approximate surface area is 118 Å². The smallest absolute Gasteiger partial charge is 0.254 e. The number of nitrogens with zero attached hydrogens (tertiary/aromatic N) is 1. The highest BCUT2D eigenvalue weighted by Crippen LogP contribution is 2.23. The van der Waals surface area contributed by atoms with Crippen LogP contribution in [0.2, 0.25) is 0 Å². The molecule has 0 N–H and O–H groups in total. The molecule has 3 rings (SSSR count). The third kappa shape index (κ3) is 2.52. The summed E-state index contributed by atoms with van der Waals surface area (Å²) in [5.41, 5.74) is 2.90. The molecule has 0 spiro atoms. The zero-order valence-corrected chi connectivity index (χ0v) is 11.5. The van der Waals surface area contributed by atoms with Crippen LogP contribution in [0, 0.1) is 6.92 Å². The highest BCUT2D eigenvalue weighted by Gasteiger charge is 2.20. The van der Waals surface area contributed by atoms with Crippen LogP contribution in [-0.2, 0) is 6.54 Å². The van der Waals surface area contributed by atoms with Crippen LogP contribution < -0.4 is 4.74 Å². The van der Waals surface area contributed by atoms with E-state index in [1.54, 1.807) is 0 Å². The van der Waals surface area contributed by atoms with E-state index < -0.39 is 0 Å². The predicted octanol–water partition coefficient (Wildman–Crippen LogP) is 3.03. The third-order valence-electron chi connectivity index (χ3n) is 3.50. The molecular weight excluding hydrogens is 250 g/mol. The zero-order chi connectivity index (χ0) is 13.9. The van der Waals surface area contributed by atoms with Crippen molar-refractivity contribution in [3.63, 3.8) is 0 Å². The van der Waals surface area contributed by atoms with Gasteiger partial charge in [-0.1, -0.05) is 35.9 Å². The Morgan fingerprint density at radius 3 is 2.85 bits per heavy atom. The monoisotopic (exact) mass is 267 g/mol. The molecule has 1 amide bonds. The van der Waals surface area contributed by atoms with E-state index in [2.05, 4.69) is 0 Å². The topological polar surface area (TPSA) is 29.5 Å². The summed E-state index contributed by atoms with van der Waals surface area (Å²) in [7, 11) is 0. The van der Waals surface area contributed by atoms with Crippen LogP contribution in [0.25, 0.3) is 0 Å². The highest BCUT2D eigenvalue weighted by molar-refractivity contribution is 5.94. The van der Waals surface area contributed by atoms with Crippen LogP contribution in [0.1, 0.15) is 21.5 Å². The normalized spacial score (nSPS) is 14.2. The molecule has 0 bridgehead atoms. The summed E-state index contributed by atoms with van der Waals surface area (Å²) in [4.78, 5) is 14.4. The van der Waals surface area contributed by atoms with Crippen molar-refractivity contribution in [2.75, 3.05) is 13.2 Å². The number of ether oxygens (including phenoxy) is 1. The van der Waals surface area contributed by atoms with Crippen molar-refractivity contribution in [1.29, 1.82) is 0 Å². The fourth-order valence-electron chi connectivity index (χ4n) is 2.46. The van der Waals surface area contributed by atoms with Crippen molar-refractivity contribution in [2.24, 2.45) is 0 Å². The Hall–Kier alpha value is -2.29. The van der Waals surface area contributed by atoms with Gasteiger partial charge in [0.15, 0.2) is 0 Å². The quantitative estimate of drug-likeness (QED) is 0.795. The van der Waals surface area contributed by atoms with Crippen molar-refractivity contribution >= 4 is 5.91 Å². The van der Waals surface area contributed by atoms with Gasteiger partial charge < -0.3 is 9.64 Å². The van der Waals surface area contributed by atoms with Crippen molar-refractivity contribution in [3.05, 3.63) is 65.2 Å². The molecule has 102 valence electrons. The highest BCUT2D eigenvalue weighted by atomic mass is 16.5. The fourth-order valence-corrected chi connectivity index (χ4v) is 2.46. The number of benzene rings is 2. The van der Waals surface area contributed by atoms with Gasteiger partial charge in [-0.05, 0) is 25.1 Å². The van der Waals surface area contributed by atoms with Gasteiger partial charge in [-0.3, -0.25) is 4.79 Å². The molecule has 3 heteroatoms. The average Bonchev–Trinajstić information content (AvgIpc) is 2.68. The van der Waals surface area contributed by atoms with Crippen LogP contribution in [0.15, 0.2) is 48.5 Å². The minimum atomic E-state index is 0.0639. The molecule has 2 aromatic carbocycles. The summed E-state index contributed by atoms with van der Waals surface area (Å²) in [5.74, 6) is 0.945.